The average molecular weight is 221 g/mol. The smallest absolute Gasteiger partial charge is 0.221 e. The summed E-state index contributed by atoms with van der Waals surface area (Å²) in [6.45, 7) is 1.03. The van der Waals surface area contributed by atoms with Gasteiger partial charge in [0, 0.05) is 18.5 Å². The number of rotatable bonds is 3. The minimum Gasteiger partial charge on any atom is -0.352 e. The highest BCUT2D eigenvalue weighted by Gasteiger charge is 2.29. The predicted octanol–water partition coefficient (Wildman–Crippen LogP) is 0.937. The summed E-state index contributed by atoms with van der Waals surface area (Å²) < 4.78 is 0. The summed E-state index contributed by atoms with van der Waals surface area (Å²) in [6.07, 6.45) is 5.78. The molecule has 2 N–H and O–H groups in total. The van der Waals surface area contributed by atoms with E-state index in [1.165, 1.54) is 6.42 Å². The fourth-order valence-corrected chi connectivity index (χ4v) is 2.71. The summed E-state index contributed by atoms with van der Waals surface area (Å²) in [5.74, 6) is 0.132. The van der Waals surface area contributed by atoms with Crippen molar-refractivity contribution < 1.29 is 4.79 Å². The first-order valence-electron chi connectivity index (χ1n) is 6.22. The molecule has 16 heavy (non-hydrogen) atoms. The summed E-state index contributed by atoms with van der Waals surface area (Å²) in [5.41, 5.74) is 0. The van der Waals surface area contributed by atoms with Crippen molar-refractivity contribution in [3.63, 3.8) is 0 Å². The van der Waals surface area contributed by atoms with Gasteiger partial charge in [0.25, 0.3) is 0 Å². The van der Waals surface area contributed by atoms with Gasteiger partial charge in [-0.15, -0.1) is 0 Å². The Labute approximate surface area is 96.4 Å². The molecule has 0 radical (unpaired) electrons. The lowest BCUT2D eigenvalue weighted by Crippen LogP contribution is -2.39. The Morgan fingerprint density at radius 1 is 1.38 bits per heavy atom. The van der Waals surface area contributed by atoms with Crippen LogP contribution >= 0.6 is 0 Å². The van der Waals surface area contributed by atoms with Crippen molar-refractivity contribution in [3.05, 3.63) is 0 Å². The number of carbonyl (C=O) groups is 1. The predicted molar refractivity (Wildman–Crippen MR) is 60.5 cm³/mol. The standard InChI is InChI=1S/C12H19N3O/c13-8-9-3-1-5-11(9)15-12(16)7-10-4-2-6-14-10/h9-11,14H,1-7H2,(H,15,16). The minimum atomic E-state index is 0.0282. The van der Waals surface area contributed by atoms with Gasteiger partial charge in [0.05, 0.1) is 12.0 Å². The van der Waals surface area contributed by atoms with Gasteiger partial charge >= 0.3 is 0 Å². The van der Waals surface area contributed by atoms with Gasteiger partial charge in [0.2, 0.25) is 5.91 Å². The van der Waals surface area contributed by atoms with Crippen LogP contribution in [0.15, 0.2) is 0 Å². The Bertz CT molecular complexity index is 291. The summed E-state index contributed by atoms with van der Waals surface area (Å²) in [5, 5.41) is 15.2. The van der Waals surface area contributed by atoms with E-state index in [2.05, 4.69) is 16.7 Å². The van der Waals surface area contributed by atoms with Crippen LogP contribution in [0.25, 0.3) is 0 Å². The van der Waals surface area contributed by atoms with E-state index in [9.17, 15) is 4.79 Å². The Hall–Kier alpha value is -1.08. The zero-order chi connectivity index (χ0) is 11.4. The largest absolute Gasteiger partial charge is 0.352 e. The lowest BCUT2D eigenvalue weighted by atomic mass is 10.1. The van der Waals surface area contributed by atoms with Crippen molar-refractivity contribution in [2.24, 2.45) is 5.92 Å². The topological polar surface area (TPSA) is 64.9 Å². The molecule has 88 valence electrons. The molecule has 1 amide bonds. The molecule has 2 fully saturated rings. The monoisotopic (exact) mass is 221 g/mol. The molecule has 0 aromatic rings. The van der Waals surface area contributed by atoms with E-state index in [-0.39, 0.29) is 17.9 Å². The molecule has 1 heterocycles. The van der Waals surface area contributed by atoms with E-state index < -0.39 is 0 Å². The number of nitrogens with zero attached hydrogens (tertiary/aromatic N) is 1. The molecule has 4 nitrogen and oxygen atoms in total. The number of carbonyl (C=O) groups excluding carboxylic acids is 1. The molecule has 0 spiro atoms. The highest BCUT2D eigenvalue weighted by atomic mass is 16.1. The van der Waals surface area contributed by atoms with Crippen molar-refractivity contribution in [2.45, 2.75) is 50.6 Å². The van der Waals surface area contributed by atoms with Crippen LogP contribution < -0.4 is 10.6 Å². The lowest BCUT2D eigenvalue weighted by molar-refractivity contribution is -0.122. The van der Waals surface area contributed by atoms with Gasteiger partial charge in [0.15, 0.2) is 0 Å². The summed E-state index contributed by atoms with van der Waals surface area (Å²) in [6, 6.07) is 2.73. The highest BCUT2D eigenvalue weighted by molar-refractivity contribution is 5.77. The van der Waals surface area contributed by atoms with Crippen LogP contribution in [0.5, 0.6) is 0 Å². The van der Waals surface area contributed by atoms with Gasteiger partial charge in [-0.1, -0.05) is 0 Å². The van der Waals surface area contributed by atoms with Crippen molar-refractivity contribution in [1.29, 1.82) is 5.26 Å². The van der Waals surface area contributed by atoms with Crippen LogP contribution in [-0.4, -0.2) is 24.5 Å². The Morgan fingerprint density at radius 2 is 2.25 bits per heavy atom. The summed E-state index contributed by atoms with van der Waals surface area (Å²) in [4.78, 5) is 11.8. The molecular formula is C12H19N3O. The Morgan fingerprint density at radius 3 is 2.94 bits per heavy atom. The maximum absolute atomic E-state index is 11.8. The lowest BCUT2D eigenvalue weighted by Gasteiger charge is -2.17. The van der Waals surface area contributed by atoms with Crippen LogP contribution in [0.4, 0.5) is 0 Å². The molecule has 3 atom stereocenters. The highest BCUT2D eigenvalue weighted by Crippen LogP contribution is 2.25. The normalized spacial score (nSPS) is 33.6. The van der Waals surface area contributed by atoms with Crippen molar-refractivity contribution >= 4 is 5.91 Å². The minimum absolute atomic E-state index is 0.0282. The van der Waals surface area contributed by atoms with Crippen molar-refractivity contribution in [1.82, 2.24) is 10.6 Å². The number of nitrogens with one attached hydrogen (secondary N) is 2. The Balaban J connectivity index is 1.76. The molecule has 4 heteroatoms. The van der Waals surface area contributed by atoms with Gasteiger partial charge in [-0.2, -0.15) is 5.26 Å². The van der Waals surface area contributed by atoms with E-state index >= 15 is 0 Å². The van der Waals surface area contributed by atoms with Crippen molar-refractivity contribution in [3.8, 4) is 6.07 Å². The first kappa shape index (κ1) is 11.4. The maximum atomic E-state index is 11.8. The summed E-state index contributed by atoms with van der Waals surface area (Å²) in [7, 11) is 0. The second-order valence-electron chi connectivity index (χ2n) is 4.84. The summed E-state index contributed by atoms with van der Waals surface area (Å²) >= 11 is 0. The number of hydrogen-bond donors (Lipinski definition) is 2. The van der Waals surface area contributed by atoms with E-state index in [0.29, 0.717) is 12.5 Å². The fraction of sp³-hybridized carbons (Fsp3) is 0.833. The molecule has 1 aliphatic heterocycles. The molecular weight excluding hydrogens is 202 g/mol. The van der Waals surface area contributed by atoms with E-state index in [1.807, 2.05) is 0 Å². The first-order valence-corrected chi connectivity index (χ1v) is 6.22. The van der Waals surface area contributed by atoms with Gasteiger partial charge in [0.1, 0.15) is 0 Å². The zero-order valence-electron chi connectivity index (χ0n) is 9.54. The molecule has 2 rings (SSSR count). The quantitative estimate of drug-likeness (QED) is 0.745. The molecule has 1 aliphatic carbocycles. The van der Waals surface area contributed by atoms with Gasteiger partial charge in [-0.3, -0.25) is 4.79 Å². The first-order chi connectivity index (χ1) is 7.79. The van der Waals surface area contributed by atoms with Gasteiger partial charge < -0.3 is 10.6 Å². The van der Waals surface area contributed by atoms with E-state index in [4.69, 9.17) is 5.26 Å². The van der Waals surface area contributed by atoms with Gasteiger partial charge in [-0.25, -0.2) is 0 Å². The van der Waals surface area contributed by atoms with E-state index in [0.717, 1.165) is 32.2 Å². The fourth-order valence-electron chi connectivity index (χ4n) is 2.71. The molecule has 0 aromatic carbocycles. The number of amides is 1. The third-order valence-electron chi connectivity index (χ3n) is 3.62. The van der Waals surface area contributed by atoms with Crippen LogP contribution in [0.3, 0.4) is 0 Å². The average Bonchev–Trinajstić information content (AvgIpc) is 2.88. The molecule has 3 unspecified atom stereocenters. The number of hydrogen-bond acceptors (Lipinski definition) is 3. The van der Waals surface area contributed by atoms with Crippen LogP contribution in [0.2, 0.25) is 0 Å². The van der Waals surface area contributed by atoms with Crippen LogP contribution in [0.1, 0.15) is 38.5 Å². The maximum Gasteiger partial charge on any atom is 0.221 e. The third kappa shape index (κ3) is 2.73. The van der Waals surface area contributed by atoms with E-state index in [1.54, 1.807) is 0 Å². The molecule has 1 saturated heterocycles. The third-order valence-corrected chi connectivity index (χ3v) is 3.62. The zero-order valence-corrected chi connectivity index (χ0v) is 9.54. The number of nitriles is 1. The second kappa shape index (κ2) is 5.31. The molecule has 2 aliphatic rings. The van der Waals surface area contributed by atoms with Crippen LogP contribution in [0, 0.1) is 17.2 Å². The molecule has 0 aromatic heterocycles. The van der Waals surface area contributed by atoms with Crippen LogP contribution in [-0.2, 0) is 4.79 Å². The van der Waals surface area contributed by atoms with Gasteiger partial charge in [-0.05, 0) is 38.6 Å². The molecule has 0 bridgehead atoms. The van der Waals surface area contributed by atoms with Crippen molar-refractivity contribution in [2.75, 3.05) is 6.54 Å². The Kier molecular flexibility index (Phi) is 3.79. The molecule has 1 saturated carbocycles. The SMILES string of the molecule is N#CC1CCCC1NC(=O)CC1CCCN1. The second-order valence-corrected chi connectivity index (χ2v) is 4.84.